The van der Waals surface area contributed by atoms with Gasteiger partial charge < -0.3 is 9.05 Å². The third-order valence-corrected chi connectivity index (χ3v) is 5.42. The van der Waals surface area contributed by atoms with E-state index in [1.54, 1.807) is 11.8 Å². The fourth-order valence-corrected chi connectivity index (χ4v) is 4.39. The van der Waals surface area contributed by atoms with Gasteiger partial charge in [0.2, 0.25) is 12.2 Å². The molecule has 0 saturated carbocycles. The lowest BCUT2D eigenvalue weighted by Crippen LogP contribution is -2.35. The standard InChI is InChI=1S/C11H21ClN2O2PS2/c1-5-7-14(3)11(19-4)9(12)10(13-14)16-17(18)15-8-6-2/h17H,5-8H2,1-4H3/q+1. The maximum absolute atomic E-state index is 6.34. The van der Waals surface area contributed by atoms with Crippen LogP contribution in [0.25, 0.3) is 0 Å². The van der Waals surface area contributed by atoms with E-state index in [9.17, 15) is 0 Å². The van der Waals surface area contributed by atoms with Crippen LogP contribution in [0.4, 0.5) is 0 Å². The Bertz CT molecular complexity index is 417. The van der Waals surface area contributed by atoms with Crippen LogP contribution in [0.5, 0.6) is 0 Å². The summed E-state index contributed by atoms with van der Waals surface area (Å²) in [5.41, 5.74) is 0. The monoisotopic (exact) mass is 343 g/mol. The second-order valence-corrected chi connectivity index (χ2v) is 7.46. The van der Waals surface area contributed by atoms with Crippen LogP contribution < -0.4 is 0 Å². The smallest absolute Gasteiger partial charge is 0.298 e. The van der Waals surface area contributed by atoms with Crippen LogP contribution >= 0.6 is 30.5 Å². The van der Waals surface area contributed by atoms with Gasteiger partial charge in [0.15, 0.2) is 5.03 Å². The predicted molar refractivity (Wildman–Crippen MR) is 88.2 cm³/mol. The number of quaternary nitrogens is 1. The van der Waals surface area contributed by atoms with Gasteiger partial charge in [-0.25, -0.2) is 0 Å². The highest BCUT2D eigenvalue weighted by molar-refractivity contribution is 8.02. The van der Waals surface area contributed by atoms with Gasteiger partial charge in [0, 0.05) is 0 Å². The van der Waals surface area contributed by atoms with Crippen LogP contribution in [0, 0.1) is 0 Å². The van der Waals surface area contributed by atoms with Crippen molar-refractivity contribution in [3.63, 3.8) is 0 Å². The fourth-order valence-electron chi connectivity index (χ4n) is 1.82. The summed E-state index contributed by atoms with van der Waals surface area (Å²) in [5, 5.41) is 6.14. The van der Waals surface area contributed by atoms with Crippen molar-refractivity contribution in [2.45, 2.75) is 26.7 Å². The average molecular weight is 344 g/mol. The predicted octanol–water partition coefficient (Wildman–Crippen LogP) is 3.89. The number of halogens is 1. The van der Waals surface area contributed by atoms with E-state index in [1.165, 1.54) is 0 Å². The summed E-state index contributed by atoms with van der Waals surface area (Å²) < 4.78 is 11.5. The van der Waals surface area contributed by atoms with Crippen molar-refractivity contribution in [1.29, 1.82) is 0 Å². The minimum atomic E-state index is -1.75. The van der Waals surface area contributed by atoms with Crippen LogP contribution in [0.2, 0.25) is 0 Å². The SMILES string of the molecule is CCCO[PH](=S)OC1=N[N+](C)(CCC)C(SC)=C1Cl. The first-order valence-electron chi connectivity index (χ1n) is 6.23. The normalized spacial score (nSPS) is 24.6. The Morgan fingerprint density at radius 2 is 2.11 bits per heavy atom. The third kappa shape index (κ3) is 4.45. The van der Waals surface area contributed by atoms with Crippen LogP contribution in [-0.4, -0.2) is 36.9 Å². The van der Waals surface area contributed by atoms with Crippen molar-refractivity contribution in [3.8, 4) is 0 Å². The van der Waals surface area contributed by atoms with E-state index in [1.807, 2.05) is 20.2 Å². The first kappa shape index (κ1) is 17.5. The number of hydrogen-bond donors (Lipinski definition) is 0. The van der Waals surface area contributed by atoms with Gasteiger partial charge in [0.25, 0.3) is 5.90 Å². The van der Waals surface area contributed by atoms with Gasteiger partial charge in [0.05, 0.1) is 13.7 Å². The summed E-state index contributed by atoms with van der Waals surface area (Å²) in [6, 6.07) is 0. The van der Waals surface area contributed by atoms with Crippen molar-refractivity contribution in [3.05, 3.63) is 10.1 Å². The van der Waals surface area contributed by atoms with E-state index < -0.39 is 7.15 Å². The molecule has 2 atom stereocenters. The molecule has 0 radical (unpaired) electrons. The molecular weight excluding hydrogens is 323 g/mol. The fraction of sp³-hybridized carbons (Fsp3) is 0.727. The molecule has 110 valence electrons. The Labute approximate surface area is 130 Å². The first-order valence-corrected chi connectivity index (χ1v) is 10.3. The molecule has 1 aliphatic heterocycles. The Morgan fingerprint density at radius 3 is 2.63 bits per heavy atom. The van der Waals surface area contributed by atoms with E-state index in [-0.39, 0.29) is 0 Å². The lowest BCUT2D eigenvalue weighted by Gasteiger charge is -2.23. The van der Waals surface area contributed by atoms with Crippen molar-refractivity contribution in [2.24, 2.45) is 5.10 Å². The van der Waals surface area contributed by atoms with Gasteiger partial charge in [-0.3, -0.25) is 0 Å². The summed E-state index contributed by atoms with van der Waals surface area (Å²) in [6.07, 6.45) is 3.93. The highest BCUT2D eigenvalue weighted by Gasteiger charge is 2.40. The molecule has 0 fully saturated rings. The van der Waals surface area contributed by atoms with E-state index in [0.717, 1.165) is 24.4 Å². The number of nitrogens with zero attached hydrogens (tertiary/aromatic N) is 2. The molecule has 1 aliphatic rings. The Kier molecular flexibility index (Phi) is 7.36. The molecule has 0 aromatic heterocycles. The maximum atomic E-state index is 6.34. The Balaban J connectivity index is 2.84. The molecule has 0 aliphatic carbocycles. The topological polar surface area (TPSA) is 30.8 Å². The molecule has 0 bridgehead atoms. The molecule has 0 aromatic rings. The molecule has 0 saturated heterocycles. The lowest BCUT2D eigenvalue weighted by molar-refractivity contribution is -0.869. The molecule has 0 aromatic carbocycles. The number of hydrogen-bond acceptors (Lipinski definition) is 5. The second-order valence-electron chi connectivity index (χ2n) is 4.29. The quantitative estimate of drug-likeness (QED) is 0.518. The molecule has 19 heavy (non-hydrogen) atoms. The largest absolute Gasteiger partial charge is 0.422 e. The van der Waals surface area contributed by atoms with E-state index in [2.05, 4.69) is 12.0 Å². The molecule has 2 unspecified atom stereocenters. The van der Waals surface area contributed by atoms with E-state index in [4.69, 9.17) is 32.5 Å². The number of rotatable bonds is 7. The summed E-state index contributed by atoms with van der Waals surface area (Å²) in [4.78, 5) is 0. The third-order valence-electron chi connectivity index (χ3n) is 2.58. The molecule has 1 rings (SSSR count). The van der Waals surface area contributed by atoms with Gasteiger partial charge in [-0.2, -0.15) is 4.59 Å². The van der Waals surface area contributed by atoms with Crippen LogP contribution in [0.1, 0.15) is 26.7 Å². The van der Waals surface area contributed by atoms with E-state index >= 15 is 0 Å². The maximum Gasteiger partial charge on any atom is 0.298 e. The van der Waals surface area contributed by atoms with Crippen LogP contribution in [-0.2, 0) is 20.9 Å². The van der Waals surface area contributed by atoms with Gasteiger partial charge in [-0.05, 0) is 36.0 Å². The van der Waals surface area contributed by atoms with Gasteiger partial charge in [-0.15, -0.1) is 0 Å². The van der Waals surface area contributed by atoms with Crippen LogP contribution in [0.15, 0.2) is 15.2 Å². The minimum absolute atomic E-state index is 0.432. The first-order chi connectivity index (χ1) is 8.98. The van der Waals surface area contributed by atoms with Crippen molar-refractivity contribution >= 4 is 48.2 Å². The van der Waals surface area contributed by atoms with E-state index in [0.29, 0.717) is 22.1 Å². The zero-order chi connectivity index (χ0) is 14.5. The molecule has 4 nitrogen and oxygen atoms in total. The minimum Gasteiger partial charge on any atom is -0.422 e. The van der Waals surface area contributed by atoms with Crippen molar-refractivity contribution in [1.82, 2.24) is 0 Å². The van der Waals surface area contributed by atoms with Crippen LogP contribution in [0.3, 0.4) is 0 Å². The van der Waals surface area contributed by atoms with Crippen molar-refractivity contribution in [2.75, 3.05) is 26.5 Å². The molecule has 0 amide bonds. The molecule has 0 spiro atoms. The second kappa shape index (κ2) is 8.01. The van der Waals surface area contributed by atoms with Crippen molar-refractivity contribution < 1.29 is 13.6 Å². The average Bonchev–Trinajstić information content (AvgIpc) is 2.58. The summed E-state index contributed by atoms with van der Waals surface area (Å²) in [5.74, 6) is 0.432. The van der Waals surface area contributed by atoms with Gasteiger partial charge in [0.1, 0.15) is 6.54 Å². The van der Waals surface area contributed by atoms with Gasteiger partial charge in [-0.1, -0.05) is 37.2 Å². The van der Waals surface area contributed by atoms with Gasteiger partial charge >= 0.3 is 0 Å². The highest BCUT2D eigenvalue weighted by Crippen LogP contribution is 2.40. The summed E-state index contributed by atoms with van der Waals surface area (Å²) >= 11 is 13.1. The number of thioether (sulfide) groups is 1. The molecule has 1 heterocycles. The summed E-state index contributed by atoms with van der Waals surface area (Å²) in [7, 11) is 0.276. The highest BCUT2D eigenvalue weighted by atomic mass is 35.5. The summed E-state index contributed by atoms with van der Waals surface area (Å²) in [6.45, 7) is 5.65. The lowest BCUT2D eigenvalue weighted by atomic mass is 10.4. The molecule has 8 heteroatoms. The Morgan fingerprint density at radius 1 is 1.42 bits per heavy atom. The zero-order valence-electron chi connectivity index (χ0n) is 11.7. The molecular formula is C11H21ClN2O2PS2+. The zero-order valence-corrected chi connectivity index (χ0v) is 15.1. The Hall–Kier alpha value is 0.420. The molecule has 0 N–H and O–H groups in total.